The number of carbonyl (C=O) groups is 1. The van der Waals surface area contributed by atoms with Crippen LogP contribution >= 0.6 is 11.6 Å². The van der Waals surface area contributed by atoms with Gasteiger partial charge in [-0.05, 0) is 48.1 Å². The number of halogens is 1. The number of nitrogens with one attached hydrogen (secondary N) is 1. The maximum Gasteiger partial charge on any atom is 0.241 e. The topological polar surface area (TPSA) is 35.6 Å². The van der Waals surface area contributed by atoms with E-state index >= 15 is 0 Å². The van der Waals surface area contributed by atoms with Crippen molar-refractivity contribution in [3.05, 3.63) is 64.7 Å². The Labute approximate surface area is 166 Å². The molecule has 1 amide bonds. The molecule has 1 fully saturated rings. The minimum absolute atomic E-state index is 0.217. The van der Waals surface area contributed by atoms with Crippen molar-refractivity contribution in [1.82, 2.24) is 10.2 Å². The molecule has 2 aliphatic rings. The first-order valence-corrected chi connectivity index (χ1v) is 10.2. The second kappa shape index (κ2) is 8.42. The summed E-state index contributed by atoms with van der Waals surface area (Å²) in [5.41, 5.74) is 3.66. The van der Waals surface area contributed by atoms with Gasteiger partial charge < -0.3 is 10.2 Å². The fourth-order valence-electron chi connectivity index (χ4n) is 4.16. The van der Waals surface area contributed by atoms with E-state index in [1.54, 1.807) is 0 Å². The predicted octanol–water partition coefficient (Wildman–Crippen LogP) is 3.31. The Balaban J connectivity index is 1.50. The van der Waals surface area contributed by atoms with Gasteiger partial charge >= 0.3 is 0 Å². The summed E-state index contributed by atoms with van der Waals surface area (Å²) in [5, 5.41) is 4.11. The minimum atomic E-state index is 0.217. The zero-order valence-corrected chi connectivity index (χ0v) is 16.3. The summed E-state index contributed by atoms with van der Waals surface area (Å²) in [4.78, 5) is 17.2. The standard InChI is InChI=1S/C22H26ClN3O/c23-19-7-5-17(6-8-19)15-18-9-12-26(21-4-2-1-3-20(18)21)22(27)16-25-13-10-24-11-14-25/h1-8,18,24H,9-16H2. The molecule has 1 atom stereocenters. The average Bonchev–Trinajstić information content (AvgIpc) is 2.70. The third kappa shape index (κ3) is 4.34. The van der Waals surface area contributed by atoms with Gasteiger partial charge in [-0.25, -0.2) is 0 Å². The first-order valence-electron chi connectivity index (χ1n) is 9.77. The Morgan fingerprint density at radius 2 is 1.78 bits per heavy atom. The lowest BCUT2D eigenvalue weighted by Gasteiger charge is -2.36. The summed E-state index contributed by atoms with van der Waals surface area (Å²) in [5.74, 6) is 0.653. The molecular formula is C22H26ClN3O. The molecule has 0 saturated carbocycles. The van der Waals surface area contributed by atoms with Crippen LogP contribution in [0.4, 0.5) is 5.69 Å². The van der Waals surface area contributed by atoms with Gasteiger partial charge in [0.15, 0.2) is 0 Å². The summed E-state index contributed by atoms with van der Waals surface area (Å²) in [6, 6.07) is 16.5. The number of carbonyl (C=O) groups excluding carboxylic acids is 1. The fraction of sp³-hybridized carbons (Fsp3) is 0.409. The first-order chi connectivity index (χ1) is 13.2. The number of amides is 1. The second-order valence-corrected chi connectivity index (χ2v) is 7.88. The maximum atomic E-state index is 13.0. The molecule has 0 bridgehead atoms. The molecular weight excluding hydrogens is 358 g/mol. The van der Waals surface area contributed by atoms with Crippen molar-refractivity contribution in [2.24, 2.45) is 0 Å². The number of para-hydroxylation sites is 1. The van der Waals surface area contributed by atoms with Crippen molar-refractivity contribution in [2.45, 2.75) is 18.8 Å². The number of hydrogen-bond acceptors (Lipinski definition) is 3. The lowest BCUT2D eigenvalue weighted by molar-refractivity contribution is -0.120. The van der Waals surface area contributed by atoms with Crippen molar-refractivity contribution in [3.8, 4) is 0 Å². The van der Waals surface area contributed by atoms with Crippen LogP contribution in [0.3, 0.4) is 0 Å². The lowest BCUT2D eigenvalue weighted by atomic mass is 9.85. The van der Waals surface area contributed by atoms with Crippen LogP contribution in [0, 0.1) is 0 Å². The molecule has 142 valence electrons. The molecule has 2 aromatic carbocycles. The summed E-state index contributed by atoms with van der Waals surface area (Å²) in [6.07, 6.45) is 1.97. The van der Waals surface area contributed by atoms with Gasteiger partial charge in [-0.1, -0.05) is 41.9 Å². The molecule has 1 unspecified atom stereocenters. The quantitative estimate of drug-likeness (QED) is 0.879. The van der Waals surface area contributed by atoms with Gasteiger partial charge in [0.1, 0.15) is 0 Å². The SMILES string of the molecule is O=C(CN1CCNCC1)N1CCC(Cc2ccc(Cl)cc2)c2ccccc21. The van der Waals surface area contributed by atoms with Gasteiger partial charge in [0.2, 0.25) is 5.91 Å². The Bertz CT molecular complexity index is 786. The molecule has 0 spiro atoms. The average molecular weight is 384 g/mol. The van der Waals surface area contributed by atoms with Crippen molar-refractivity contribution < 1.29 is 4.79 Å². The summed E-state index contributed by atoms with van der Waals surface area (Å²) in [6.45, 7) is 5.12. The highest BCUT2D eigenvalue weighted by Gasteiger charge is 2.29. The van der Waals surface area contributed by atoms with Crippen LogP contribution in [0.5, 0.6) is 0 Å². The van der Waals surface area contributed by atoms with Crippen molar-refractivity contribution in [1.29, 1.82) is 0 Å². The van der Waals surface area contributed by atoms with Gasteiger partial charge in [-0.2, -0.15) is 0 Å². The first kappa shape index (κ1) is 18.5. The van der Waals surface area contributed by atoms with Crippen LogP contribution in [0.25, 0.3) is 0 Å². The summed E-state index contributed by atoms with van der Waals surface area (Å²) in [7, 11) is 0. The molecule has 4 nitrogen and oxygen atoms in total. The van der Waals surface area contributed by atoms with Crippen molar-refractivity contribution in [3.63, 3.8) is 0 Å². The monoisotopic (exact) mass is 383 g/mol. The molecule has 1 saturated heterocycles. The summed E-state index contributed by atoms with van der Waals surface area (Å²) >= 11 is 6.02. The van der Waals surface area contributed by atoms with E-state index in [1.807, 2.05) is 23.1 Å². The van der Waals surface area contributed by atoms with Gasteiger partial charge in [0, 0.05) is 43.4 Å². The molecule has 1 N–H and O–H groups in total. The molecule has 0 aromatic heterocycles. The van der Waals surface area contributed by atoms with E-state index in [2.05, 4.69) is 40.5 Å². The third-order valence-corrected chi connectivity index (χ3v) is 5.89. The van der Waals surface area contributed by atoms with Gasteiger partial charge in [-0.15, -0.1) is 0 Å². The van der Waals surface area contributed by atoms with Crippen molar-refractivity contribution >= 4 is 23.2 Å². The molecule has 5 heteroatoms. The summed E-state index contributed by atoms with van der Waals surface area (Å²) < 4.78 is 0. The number of piperazine rings is 1. The van der Waals surface area contributed by atoms with Crippen LogP contribution in [-0.2, 0) is 11.2 Å². The molecule has 0 radical (unpaired) electrons. The van der Waals surface area contributed by atoms with Crippen LogP contribution < -0.4 is 10.2 Å². The zero-order chi connectivity index (χ0) is 18.6. The molecule has 2 aliphatic heterocycles. The molecule has 27 heavy (non-hydrogen) atoms. The zero-order valence-electron chi connectivity index (χ0n) is 15.5. The van der Waals surface area contributed by atoms with Gasteiger partial charge in [0.25, 0.3) is 0 Å². The Hall–Kier alpha value is -1.88. The van der Waals surface area contributed by atoms with Crippen LogP contribution in [0.2, 0.25) is 5.02 Å². The van der Waals surface area contributed by atoms with Crippen LogP contribution in [0.15, 0.2) is 48.5 Å². The highest BCUT2D eigenvalue weighted by Crippen LogP contribution is 2.37. The van der Waals surface area contributed by atoms with E-state index in [0.29, 0.717) is 12.5 Å². The maximum absolute atomic E-state index is 13.0. The largest absolute Gasteiger partial charge is 0.314 e. The number of benzene rings is 2. The molecule has 4 rings (SSSR count). The van der Waals surface area contributed by atoms with Gasteiger partial charge in [-0.3, -0.25) is 9.69 Å². The van der Waals surface area contributed by atoms with E-state index in [9.17, 15) is 4.79 Å². The molecule has 2 heterocycles. The second-order valence-electron chi connectivity index (χ2n) is 7.45. The third-order valence-electron chi connectivity index (χ3n) is 5.63. The molecule has 0 aliphatic carbocycles. The number of nitrogens with zero attached hydrogens (tertiary/aromatic N) is 2. The predicted molar refractivity (Wildman–Crippen MR) is 111 cm³/mol. The van der Waals surface area contributed by atoms with Gasteiger partial charge in [0.05, 0.1) is 6.54 Å². The number of hydrogen-bond donors (Lipinski definition) is 1. The number of rotatable bonds is 4. The van der Waals surface area contributed by atoms with Crippen LogP contribution in [0.1, 0.15) is 23.5 Å². The Morgan fingerprint density at radius 1 is 1.04 bits per heavy atom. The Kier molecular flexibility index (Phi) is 5.77. The number of fused-ring (bicyclic) bond motifs is 1. The van der Waals surface area contributed by atoms with E-state index in [0.717, 1.165) is 56.3 Å². The van der Waals surface area contributed by atoms with E-state index in [4.69, 9.17) is 11.6 Å². The minimum Gasteiger partial charge on any atom is -0.314 e. The Morgan fingerprint density at radius 3 is 2.56 bits per heavy atom. The smallest absolute Gasteiger partial charge is 0.241 e. The number of anilines is 1. The fourth-order valence-corrected chi connectivity index (χ4v) is 4.29. The van der Waals surface area contributed by atoms with E-state index in [-0.39, 0.29) is 5.91 Å². The lowest BCUT2D eigenvalue weighted by Crippen LogP contribution is -2.49. The molecule has 2 aromatic rings. The van der Waals surface area contributed by atoms with E-state index in [1.165, 1.54) is 11.1 Å². The van der Waals surface area contributed by atoms with Crippen molar-refractivity contribution in [2.75, 3.05) is 44.2 Å². The van der Waals surface area contributed by atoms with Crippen LogP contribution in [-0.4, -0.2) is 50.1 Å². The normalized spacial score (nSPS) is 20.3. The van der Waals surface area contributed by atoms with E-state index < -0.39 is 0 Å². The highest BCUT2D eigenvalue weighted by atomic mass is 35.5. The highest BCUT2D eigenvalue weighted by molar-refractivity contribution is 6.30.